The van der Waals surface area contributed by atoms with Gasteiger partial charge in [-0.1, -0.05) is 34.8 Å². The zero-order valence-electron chi connectivity index (χ0n) is 7.39. The van der Waals surface area contributed by atoms with Crippen molar-refractivity contribution < 1.29 is 9.53 Å². The lowest BCUT2D eigenvalue weighted by atomic mass is 10.1. The minimum Gasteiger partial charge on any atom is -0.447 e. The van der Waals surface area contributed by atoms with E-state index in [9.17, 15) is 4.79 Å². The molecule has 1 aliphatic rings. The molecule has 1 aromatic rings. The Morgan fingerprint density at radius 2 is 1.93 bits per heavy atom. The van der Waals surface area contributed by atoms with E-state index in [0.717, 1.165) is 0 Å². The Morgan fingerprint density at radius 1 is 1.27 bits per heavy atom. The second-order valence-corrected chi connectivity index (χ2v) is 4.24. The Bertz CT molecular complexity index is 422. The molecule has 0 saturated carbocycles. The summed E-state index contributed by atoms with van der Waals surface area (Å²) in [5, 5.41) is 3.80. The zero-order valence-corrected chi connectivity index (χ0v) is 9.66. The first-order valence-electron chi connectivity index (χ1n) is 4.16. The molecule has 6 heteroatoms. The lowest BCUT2D eigenvalue weighted by Crippen LogP contribution is -2.19. The summed E-state index contributed by atoms with van der Waals surface area (Å²) in [5.74, 6) is 0. The topological polar surface area (TPSA) is 38.3 Å². The molecule has 1 amide bonds. The molecule has 0 unspecified atom stereocenters. The molecule has 3 nitrogen and oxygen atoms in total. The summed E-state index contributed by atoms with van der Waals surface area (Å²) in [5.41, 5.74) is 0.594. The smallest absolute Gasteiger partial charge is 0.407 e. The van der Waals surface area contributed by atoms with Crippen molar-refractivity contribution in [1.82, 2.24) is 5.32 Å². The fourth-order valence-corrected chi connectivity index (χ4v) is 2.20. The Labute approximate surface area is 101 Å². The molecule has 2 rings (SSSR count). The fourth-order valence-electron chi connectivity index (χ4n) is 1.40. The molecule has 1 heterocycles. The van der Waals surface area contributed by atoms with E-state index < -0.39 is 6.09 Å². The predicted octanol–water partition coefficient (Wildman–Crippen LogP) is 3.43. The highest BCUT2D eigenvalue weighted by Crippen LogP contribution is 2.36. The molecule has 80 valence electrons. The van der Waals surface area contributed by atoms with Gasteiger partial charge in [-0.2, -0.15) is 0 Å². The average molecular weight is 267 g/mol. The van der Waals surface area contributed by atoms with Crippen molar-refractivity contribution in [2.45, 2.75) is 6.04 Å². The maximum absolute atomic E-state index is 10.9. The Balaban J connectivity index is 2.43. The molecular weight excluding hydrogens is 260 g/mol. The molecule has 1 N–H and O–H groups in total. The van der Waals surface area contributed by atoms with Gasteiger partial charge in [-0.05, 0) is 12.1 Å². The molecule has 1 fully saturated rings. The number of halogens is 3. The van der Waals surface area contributed by atoms with Gasteiger partial charge in [0.2, 0.25) is 0 Å². The summed E-state index contributed by atoms with van der Waals surface area (Å²) in [6, 6.07) is 2.90. The van der Waals surface area contributed by atoms with Crippen LogP contribution in [0.15, 0.2) is 12.1 Å². The number of rotatable bonds is 1. The van der Waals surface area contributed by atoms with Crippen molar-refractivity contribution in [3.05, 3.63) is 32.8 Å². The van der Waals surface area contributed by atoms with E-state index in [-0.39, 0.29) is 12.6 Å². The van der Waals surface area contributed by atoms with Gasteiger partial charge in [0.1, 0.15) is 6.61 Å². The Hall–Kier alpha value is -0.640. The number of carbonyl (C=O) groups excluding carboxylic acids is 1. The molecule has 1 aromatic carbocycles. The lowest BCUT2D eigenvalue weighted by molar-refractivity contribution is 0.177. The Morgan fingerprint density at radius 3 is 2.53 bits per heavy atom. The van der Waals surface area contributed by atoms with Crippen LogP contribution in [-0.2, 0) is 4.74 Å². The average Bonchev–Trinajstić information content (AvgIpc) is 2.59. The van der Waals surface area contributed by atoms with Crippen molar-refractivity contribution in [2.24, 2.45) is 0 Å². The number of carbonyl (C=O) groups is 1. The first kappa shape index (κ1) is 10.9. The van der Waals surface area contributed by atoms with Crippen molar-refractivity contribution in [2.75, 3.05) is 6.61 Å². The van der Waals surface area contributed by atoms with Crippen LogP contribution in [0.2, 0.25) is 15.1 Å². The van der Waals surface area contributed by atoms with Gasteiger partial charge in [0.15, 0.2) is 0 Å². The van der Waals surface area contributed by atoms with Crippen LogP contribution in [0.1, 0.15) is 11.6 Å². The molecule has 0 bridgehead atoms. The van der Waals surface area contributed by atoms with E-state index >= 15 is 0 Å². The highest BCUT2D eigenvalue weighted by Gasteiger charge is 2.28. The van der Waals surface area contributed by atoms with Crippen molar-refractivity contribution in [3.63, 3.8) is 0 Å². The molecule has 15 heavy (non-hydrogen) atoms. The lowest BCUT2D eigenvalue weighted by Gasteiger charge is -2.12. The van der Waals surface area contributed by atoms with Crippen LogP contribution < -0.4 is 5.32 Å². The second kappa shape index (κ2) is 4.08. The summed E-state index contributed by atoms with van der Waals surface area (Å²) in [7, 11) is 0. The molecular formula is C9H6Cl3NO2. The normalized spacial score (nSPS) is 19.9. The fraction of sp³-hybridized carbons (Fsp3) is 0.222. The first-order chi connectivity index (χ1) is 7.09. The second-order valence-electron chi connectivity index (χ2n) is 3.05. The minimum atomic E-state index is -0.480. The number of alkyl carbamates (subject to hydrolysis) is 1. The van der Waals surface area contributed by atoms with Gasteiger partial charge in [-0.15, -0.1) is 0 Å². The van der Waals surface area contributed by atoms with Crippen LogP contribution in [-0.4, -0.2) is 12.7 Å². The van der Waals surface area contributed by atoms with Crippen LogP contribution in [0.25, 0.3) is 0 Å². The number of benzene rings is 1. The van der Waals surface area contributed by atoms with Gasteiger partial charge in [0, 0.05) is 10.6 Å². The van der Waals surface area contributed by atoms with Crippen LogP contribution in [0.3, 0.4) is 0 Å². The van der Waals surface area contributed by atoms with Gasteiger partial charge in [-0.25, -0.2) is 4.79 Å². The van der Waals surface area contributed by atoms with E-state index in [1.807, 2.05) is 0 Å². The number of amides is 1. The molecule has 1 atom stereocenters. The number of ether oxygens (including phenoxy) is 1. The van der Waals surface area contributed by atoms with Crippen molar-refractivity contribution >= 4 is 40.9 Å². The summed E-state index contributed by atoms with van der Waals surface area (Å²) in [6.45, 7) is 0.207. The van der Waals surface area contributed by atoms with E-state index in [2.05, 4.69) is 5.32 Å². The maximum atomic E-state index is 10.9. The summed E-state index contributed by atoms with van der Waals surface area (Å²) in [4.78, 5) is 10.9. The van der Waals surface area contributed by atoms with Crippen molar-refractivity contribution in [1.29, 1.82) is 0 Å². The van der Waals surface area contributed by atoms with Gasteiger partial charge in [0.05, 0.1) is 16.1 Å². The summed E-state index contributed by atoms with van der Waals surface area (Å²) >= 11 is 17.8. The molecule has 0 aliphatic carbocycles. The maximum Gasteiger partial charge on any atom is 0.407 e. The molecule has 0 radical (unpaired) electrons. The molecule has 0 spiro atoms. The first-order valence-corrected chi connectivity index (χ1v) is 5.29. The molecule has 1 aliphatic heterocycles. The van der Waals surface area contributed by atoms with Gasteiger partial charge < -0.3 is 10.1 Å². The van der Waals surface area contributed by atoms with E-state index in [1.165, 1.54) is 0 Å². The SMILES string of the molecule is O=C1N[C@@H](c2c(Cl)ccc(Cl)c2Cl)CO1. The van der Waals surface area contributed by atoms with Crippen molar-refractivity contribution in [3.8, 4) is 0 Å². The van der Waals surface area contributed by atoms with Crippen LogP contribution >= 0.6 is 34.8 Å². The largest absolute Gasteiger partial charge is 0.447 e. The van der Waals surface area contributed by atoms with Gasteiger partial charge in [0.25, 0.3) is 0 Å². The minimum absolute atomic E-state index is 0.207. The van der Waals surface area contributed by atoms with Gasteiger partial charge >= 0.3 is 6.09 Å². The van der Waals surface area contributed by atoms with E-state index in [0.29, 0.717) is 20.6 Å². The quantitative estimate of drug-likeness (QED) is 0.791. The zero-order chi connectivity index (χ0) is 11.0. The highest BCUT2D eigenvalue weighted by atomic mass is 35.5. The van der Waals surface area contributed by atoms with Crippen LogP contribution in [0, 0.1) is 0 Å². The monoisotopic (exact) mass is 265 g/mol. The van der Waals surface area contributed by atoms with E-state index in [1.54, 1.807) is 12.1 Å². The van der Waals surface area contributed by atoms with Crippen LogP contribution in [0.5, 0.6) is 0 Å². The number of cyclic esters (lactones) is 1. The highest BCUT2D eigenvalue weighted by molar-refractivity contribution is 6.44. The van der Waals surface area contributed by atoms with E-state index in [4.69, 9.17) is 39.5 Å². The summed E-state index contributed by atoms with van der Waals surface area (Å²) < 4.78 is 4.76. The summed E-state index contributed by atoms with van der Waals surface area (Å²) in [6.07, 6.45) is -0.480. The third-order valence-electron chi connectivity index (χ3n) is 2.10. The third-order valence-corrected chi connectivity index (χ3v) is 3.25. The predicted molar refractivity (Wildman–Crippen MR) is 58.7 cm³/mol. The number of hydrogen-bond donors (Lipinski definition) is 1. The molecule has 0 aromatic heterocycles. The Kier molecular flexibility index (Phi) is 2.96. The number of hydrogen-bond acceptors (Lipinski definition) is 2. The standard InChI is InChI=1S/C9H6Cl3NO2/c10-4-1-2-5(11)8(12)7(4)6-3-15-9(14)13-6/h1-2,6H,3H2,(H,13,14)/t6-/m1/s1. The van der Waals surface area contributed by atoms with Crippen LogP contribution in [0.4, 0.5) is 4.79 Å². The third kappa shape index (κ3) is 2.00. The van der Waals surface area contributed by atoms with Gasteiger partial charge in [-0.3, -0.25) is 0 Å². The molecule has 1 saturated heterocycles. The number of nitrogens with one attached hydrogen (secondary N) is 1.